The molecule has 0 spiro atoms. The molecule has 2 N–H and O–H groups in total. The summed E-state index contributed by atoms with van der Waals surface area (Å²) in [6.07, 6.45) is 3.03. The first-order chi connectivity index (χ1) is 7.66. The molecule has 7 heteroatoms. The Morgan fingerprint density at radius 3 is 2.50 bits per heavy atom. The van der Waals surface area contributed by atoms with Crippen LogP contribution in [-0.2, 0) is 0 Å². The molecule has 0 saturated carbocycles. The van der Waals surface area contributed by atoms with Crippen molar-refractivity contribution in [1.82, 2.24) is 15.0 Å². The maximum atomic E-state index is 13.3. The average Bonchev–Trinajstić information content (AvgIpc) is 2.27. The van der Waals surface area contributed by atoms with Crippen LogP contribution < -0.4 is 5.73 Å². The summed E-state index contributed by atoms with van der Waals surface area (Å²) in [7, 11) is 0. The first kappa shape index (κ1) is 10.7. The van der Waals surface area contributed by atoms with Crippen molar-refractivity contribution >= 4 is 17.6 Å². The highest BCUT2D eigenvalue weighted by atomic mass is 32.2. The van der Waals surface area contributed by atoms with E-state index in [2.05, 4.69) is 15.0 Å². The van der Waals surface area contributed by atoms with Crippen molar-refractivity contribution in [2.24, 2.45) is 0 Å². The van der Waals surface area contributed by atoms with Gasteiger partial charge in [-0.3, -0.25) is 0 Å². The number of halogens is 2. The van der Waals surface area contributed by atoms with E-state index in [0.29, 0.717) is 11.2 Å². The van der Waals surface area contributed by atoms with E-state index >= 15 is 0 Å². The standard InChI is InChI=1S/C9H6F2N4S/c10-5-4-6(11)8(15-7(5)12)16-9-13-2-1-3-14-9/h1-4H,(H2,12,15). The SMILES string of the molecule is Nc1nc(Sc2ncccn2)c(F)cc1F. The van der Waals surface area contributed by atoms with Crippen LogP contribution in [0.4, 0.5) is 14.6 Å². The summed E-state index contributed by atoms with van der Waals surface area (Å²) in [4.78, 5) is 11.3. The van der Waals surface area contributed by atoms with Gasteiger partial charge in [-0.05, 0) is 17.8 Å². The molecule has 2 heterocycles. The quantitative estimate of drug-likeness (QED) is 0.812. The van der Waals surface area contributed by atoms with Gasteiger partial charge in [0.25, 0.3) is 0 Å². The number of nitrogens with zero attached hydrogens (tertiary/aromatic N) is 3. The minimum absolute atomic E-state index is 0.0508. The van der Waals surface area contributed by atoms with Gasteiger partial charge in [0.15, 0.2) is 22.6 Å². The number of pyridine rings is 1. The van der Waals surface area contributed by atoms with Gasteiger partial charge in [-0.2, -0.15) is 0 Å². The Hall–Kier alpha value is -1.76. The predicted molar refractivity (Wildman–Crippen MR) is 54.7 cm³/mol. The van der Waals surface area contributed by atoms with Crippen molar-refractivity contribution in [3.8, 4) is 0 Å². The van der Waals surface area contributed by atoms with Crippen LogP contribution in [0.25, 0.3) is 0 Å². The smallest absolute Gasteiger partial charge is 0.193 e. The van der Waals surface area contributed by atoms with Crippen molar-refractivity contribution < 1.29 is 8.78 Å². The Morgan fingerprint density at radius 1 is 1.12 bits per heavy atom. The normalized spacial score (nSPS) is 10.4. The molecule has 16 heavy (non-hydrogen) atoms. The molecule has 2 aromatic rings. The molecule has 2 rings (SSSR count). The van der Waals surface area contributed by atoms with Gasteiger partial charge < -0.3 is 5.73 Å². The highest BCUT2D eigenvalue weighted by Gasteiger charge is 2.12. The van der Waals surface area contributed by atoms with Gasteiger partial charge in [0.2, 0.25) is 0 Å². The fourth-order valence-electron chi connectivity index (χ4n) is 0.959. The first-order valence-corrected chi connectivity index (χ1v) is 5.05. The highest BCUT2D eigenvalue weighted by Crippen LogP contribution is 2.26. The van der Waals surface area contributed by atoms with Crippen LogP contribution in [0.2, 0.25) is 0 Å². The van der Waals surface area contributed by atoms with Crippen molar-refractivity contribution in [3.63, 3.8) is 0 Å². The lowest BCUT2D eigenvalue weighted by atomic mass is 10.4. The molecule has 0 aliphatic rings. The third kappa shape index (κ3) is 2.25. The summed E-state index contributed by atoms with van der Waals surface area (Å²) < 4.78 is 26.1. The summed E-state index contributed by atoms with van der Waals surface area (Å²) in [6.45, 7) is 0. The maximum absolute atomic E-state index is 13.3. The third-order valence-electron chi connectivity index (χ3n) is 1.65. The van der Waals surface area contributed by atoms with E-state index in [-0.39, 0.29) is 10.8 Å². The minimum atomic E-state index is -0.879. The largest absolute Gasteiger partial charge is 0.381 e. The monoisotopic (exact) mass is 240 g/mol. The Labute approximate surface area is 93.9 Å². The fraction of sp³-hybridized carbons (Fsp3) is 0. The molecule has 0 aliphatic heterocycles. The molecule has 0 bridgehead atoms. The van der Waals surface area contributed by atoms with Gasteiger partial charge in [-0.25, -0.2) is 23.7 Å². The zero-order valence-electron chi connectivity index (χ0n) is 7.89. The Morgan fingerprint density at radius 2 is 1.81 bits per heavy atom. The topological polar surface area (TPSA) is 64.7 Å². The lowest BCUT2D eigenvalue weighted by molar-refractivity contribution is 0.552. The molecule has 0 unspecified atom stereocenters. The van der Waals surface area contributed by atoms with Crippen LogP contribution in [0.15, 0.2) is 34.7 Å². The number of hydrogen-bond donors (Lipinski definition) is 1. The molecular formula is C9H6F2N4S. The van der Waals surface area contributed by atoms with E-state index in [1.165, 1.54) is 12.4 Å². The molecule has 4 nitrogen and oxygen atoms in total. The van der Waals surface area contributed by atoms with Gasteiger partial charge in [-0.1, -0.05) is 0 Å². The van der Waals surface area contributed by atoms with Crippen LogP contribution in [-0.4, -0.2) is 15.0 Å². The van der Waals surface area contributed by atoms with E-state index in [4.69, 9.17) is 5.73 Å². The lowest BCUT2D eigenvalue weighted by Crippen LogP contribution is -1.99. The zero-order chi connectivity index (χ0) is 11.5. The van der Waals surface area contributed by atoms with Crippen LogP contribution in [0.1, 0.15) is 0 Å². The fourth-order valence-corrected chi connectivity index (χ4v) is 1.66. The van der Waals surface area contributed by atoms with E-state index < -0.39 is 11.6 Å². The number of anilines is 1. The summed E-state index contributed by atoms with van der Waals surface area (Å²) in [6, 6.07) is 2.32. The Kier molecular flexibility index (Phi) is 2.95. The molecule has 0 saturated heterocycles. The summed E-state index contributed by atoms with van der Waals surface area (Å²) in [5.74, 6) is -2.01. The second-order valence-corrected chi connectivity index (χ2v) is 3.73. The number of nitrogens with two attached hydrogens (primary N) is 1. The maximum Gasteiger partial charge on any atom is 0.193 e. The zero-order valence-corrected chi connectivity index (χ0v) is 8.71. The lowest BCUT2D eigenvalue weighted by Gasteiger charge is -2.02. The van der Waals surface area contributed by atoms with Gasteiger partial charge in [-0.15, -0.1) is 0 Å². The van der Waals surface area contributed by atoms with Crippen molar-refractivity contribution in [2.45, 2.75) is 10.2 Å². The Bertz CT molecular complexity index is 506. The van der Waals surface area contributed by atoms with Crippen LogP contribution >= 0.6 is 11.8 Å². The Balaban J connectivity index is 2.32. The van der Waals surface area contributed by atoms with Crippen molar-refractivity contribution in [1.29, 1.82) is 0 Å². The van der Waals surface area contributed by atoms with E-state index in [1.807, 2.05) is 0 Å². The second-order valence-electron chi connectivity index (χ2n) is 2.78. The van der Waals surface area contributed by atoms with Gasteiger partial charge in [0, 0.05) is 18.5 Å². The number of aromatic nitrogens is 3. The number of nitrogen functional groups attached to an aromatic ring is 1. The molecule has 0 fully saturated rings. The van der Waals surface area contributed by atoms with Crippen LogP contribution in [0, 0.1) is 11.6 Å². The van der Waals surface area contributed by atoms with E-state index in [9.17, 15) is 8.78 Å². The molecule has 2 aromatic heterocycles. The highest BCUT2D eigenvalue weighted by molar-refractivity contribution is 7.99. The molecular weight excluding hydrogens is 234 g/mol. The van der Waals surface area contributed by atoms with Crippen molar-refractivity contribution in [3.05, 3.63) is 36.2 Å². The van der Waals surface area contributed by atoms with Crippen LogP contribution in [0.5, 0.6) is 0 Å². The second kappa shape index (κ2) is 4.40. The van der Waals surface area contributed by atoms with E-state index in [0.717, 1.165) is 11.8 Å². The van der Waals surface area contributed by atoms with Gasteiger partial charge in [0.1, 0.15) is 5.03 Å². The molecule has 0 atom stereocenters. The van der Waals surface area contributed by atoms with Crippen molar-refractivity contribution in [2.75, 3.05) is 5.73 Å². The van der Waals surface area contributed by atoms with Gasteiger partial charge in [0.05, 0.1) is 0 Å². The van der Waals surface area contributed by atoms with Gasteiger partial charge >= 0.3 is 0 Å². The summed E-state index contributed by atoms with van der Waals surface area (Å²) >= 11 is 0.882. The number of hydrogen-bond acceptors (Lipinski definition) is 5. The molecule has 0 radical (unpaired) electrons. The average molecular weight is 240 g/mol. The molecule has 0 aliphatic carbocycles. The van der Waals surface area contributed by atoms with E-state index in [1.54, 1.807) is 6.07 Å². The molecule has 0 amide bonds. The number of rotatable bonds is 2. The molecule has 82 valence electrons. The third-order valence-corrected chi connectivity index (χ3v) is 2.53. The first-order valence-electron chi connectivity index (χ1n) is 4.23. The summed E-state index contributed by atoms with van der Waals surface area (Å²) in [5.41, 5.74) is 5.24. The predicted octanol–water partition coefficient (Wildman–Crippen LogP) is 1.88. The minimum Gasteiger partial charge on any atom is -0.381 e. The van der Waals surface area contributed by atoms with Crippen LogP contribution in [0.3, 0.4) is 0 Å². The summed E-state index contributed by atoms with van der Waals surface area (Å²) in [5, 5.41) is 0.269. The molecule has 0 aromatic carbocycles.